The van der Waals surface area contributed by atoms with Crippen LogP contribution in [-0.2, 0) is 6.54 Å². The number of methoxy groups -OCH3 is 1. The SMILES string of the molecule is COc1ccc(CN2CCSCC2)cc1OCC(O)CN1CCC(F)(F)CC1. The molecule has 0 aliphatic carbocycles. The van der Waals surface area contributed by atoms with Gasteiger partial charge in [-0.15, -0.1) is 0 Å². The van der Waals surface area contributed by atoms with Crippen molar-refractivity contribution in [2.45, 2.75) is 31.4 Å². The van der Waals surface area contributed by atoms with E-state index < -0.39 is 12.0 Å². The predicted molar refractivity (Wildman–Crippen MR) is 108 cm³/mol. The molecule has 0 aromatic heterocycles. The summed E-state index contributed by atoms with van der Waals surface area (Å²) in [6.07, 6.45) is -1.03. The van der Waals surface area contributed by atoms with E-state index in [1.165, 1.54) is 0 Å². The highest BCUT2D eigenvalue weighted by atomic mass is 32.2. The number of ether oxygens (including phenoxy) is 2. The maximum absolute atomic E-state index is 13.2. The van der Waals surface area contributed by atoms with E-state index in [2.05, 4.69) is 4.90 Å². The normalized spacial score (nSPS) is 22.0. The van der Waals surface area contributed by atoms with Gasteiger partial charge in [-0.1, -0.05) is 6.07 Å². The number of benzene rings is 1. The number of aliphatic hydroxyl groups is 1. The quantitative estimate of drug-likeness (QED) is 0.703. The number of thioether (sulfide) groups is 1. The molecule has 28 heavy (non-hydrogen) atoms. The lowest BCUT2D eigenvalue weighted by Gasteiger charge is -2.32. The van der Waals surface area contributed by atoms with Gasteiger partial charge in [-0.3, -0.25) is 4.90 Å². The number of hydrogen-bond acceptors (Lipinski definition) is 6. The van der Waals surface area contributed by atoms with Gasteiger partial charge in [-0.2, -0.15) is 11.8 Å². The van der Waals surface area contributed by atoms with Crippen molar-refractivity contribution in [1.29, 1.82) is 0 Å². The monoisotopic (exact) mass is 416 g/mol. The predicted octanol–water partition coefficient (Wildman–Crippen LogP) is 2.71. The Morgan fingerprint density at radius 3 is 2.50 bits per heavy atom. The number of β-amino-alcohol motifs (C(OH)–C–C–N with tert-alkyl or cyclic N) is 1. The highest BCUT2D eigenvalue weighted by Gasteiger charge is 2.34. The van der Waals surface area contributed by atoms with Crippen molar-refractivity contribution in [1.82, 2.24) is 9.80 Å². The van der Waals surface area contributed by atoms with E-state index in [9.17, 15) is 13.9 Å². The van der Waals surface area contributed by atoms with Crippen molar-refractivity contribution in [3.8, 4) is 11.5 Å². The summed E-state index contributed by atoms with van der Waals surface area (Å²) in [7, 11) is 1.59. The Morgan fingerprint density at radius 2 is 1.82 bits per heavy atom. The molecule has 1 aromatic carbocycles. The van der Waals surface area contributed by atoms with Crippen molar-refractivity contribution in [3.05, 3.63) is 23.8 Å². The van der Waals surface area contributed by atoms with E-state index in [1.807, 2.05) is 34.9 Å². The average Bonchev–Trinajstić information content (AvgIpc) is 2.69. The van der Waals surface area contributed by atoms with E-state index in [1.54, 1.807) is 7.11 Å². The smallest absolute Gasteiger partial charge is 0.250 e. The number of hydrogen-bond donors (Lipinski definition) is 1. The maximum atomic E-state index is 13.2. The van der Waals surface area contributed by atoms with Crippen molar-refractivity contribution < 1.29 is 23.4 Å². The largest absolute Gasteiger partial charge is 0.493 e. The molecule has 2 aliphatic heterocycles. The molecular formula is C20H30F2N2O3S. The van der Waals surface area contributed by atoms with Crippen LogP contribution in [-0.4, -0.2) is 84.9 Å². The third kappa shape index (κ3) is 6.47. The highest BCUT2D eigenvalue weighted by molar-refractivity contribution is 7.99. The Labute approximate surface area is 170 Å². The molecular weight excluding hydrogens is 386 g/mol. The molecule has 8 heteroatoms. The van der Waals surface area contributed by atoms with E-state index in [4.69, 9.17) is 9.47 Å². The van der Waals surface area contributed by atoms with Crippen molar-refractivity contribution in [2.24, 2.45) is 0 Å². The molecule has 5 nitrogen and oxygen atoms in total. The number of alkyl halides is 2. The number of aliphatic hydroxyl groups excluding tert-OH is 1. The number of rotatable bonds is 8. The van der Waals surface area contributed by atoms with Crippen LogP contribution >= 0.6 is 11.8 Å². The molecule has 1 unspecified atom stereocenters. The van der Waals surface area contributed by atoms with Crippen LogP contribution in [0.2, 0.25) is 0 Å². The molecule has 2 saturated heterocycles. The van der Waals surface area contributed by atoms with Gasteiger partial charge in [-0.25, -0.2) is 8.78 Å². The summed E-state index contributed by atoms with van der Waals surface area (Å²) in [6.45, 7) is 4.08. The molecule has 1 aromatic rings. The van der Waals surface area contributed by atoms with Crippen LogP contribution in [0.4, 0.5) is 8.78 Å². The second-order valence-electron chi connectivity index (χ2n) is 7.50. The van der Waals surface area contributed by atoms with Crippen LogP contribution in [0, 0.1) is 0 Å². The van der Waals surface area contributed by atoms with Gasteiger partial charge >= 0.3 is 0 Å². The summed E-state index contributed by atoms with van der Waals surface area (Å²) >= 11 is 1.98. The highest BCUT2D eigenvalue weighted by Crippen LogP contribution is 2.30. The number of likely N-dealkylation sites (tertiary alicyclic amines) is 1. The molecule has 0 spiro atoms. The molecule has 2 heterocycles. The lowest BCUT2D eigenvalue weighted by molar-refractivity contribution is -0.0628. The summed E-state index contributed by atoms with van der Waals surface area (Å²) < 4.78 is 37.7. The molecule has 3 rings (SSSR count). The molecule has 0 amide bonds. The zero-order valence-corrected chi connectivity index (χ0v) is 17.2. The van der Waals surface area contributed by atoms with Crippen molar-refractivity contribution in [2.75, 3.05) is 57.9 Å². The Balaban J connectivity index is 1.51. The minimum atomic E-state index is -2.57. The van der Waals surface area contributed by atoms with Crippen LogP contribution in [0.5, 0.6) is 11.5 Å². The van der Waals surface area contributed by atoms with Crippen LogP contribution in [0.1, 0.15) is 18.4 Å². The van der Waals surface area contributed by atoms with Crippen LogP contribution in [0.15, 0.2) is 18.2 Å². The fourth-order valence-corrected chi connectivity index (χ4v) is 4.53. The average molecular weight is 417 g/mol. The van der Waals surface area contributed by atoms with Crippen LogP contribution < -0.4 is 9.47 Å². The first-order chi connectivity index (χ1) is 13.4. The summed E-state index contributed by atoms with van der Waals surface area (Å²) in [4.78, 5) is 4.29. The minimum Gasteiger partial charge on any atom is -0.493 e. The lowest BCUT2D eigenvalue weighted by Crippen LogP contribution is -2.44. The first-order valence-corrected chi connectivity index (χ1v) is 11.0. The Kier molecular flexibility index (Phi) is 7.79. The Morgan fingerprint density at radius 1 is 1.11 bits per heavy atom. The minimum absolute atomic E-state index is 0.104. The second-order valence-corrected chi connectivity index (χ2v) is 8.72. The molecule has 1 atom stereocenters. The molecule has 2 fully saturated rings. The third-order valence-electron chi connectivity index (χ3n) is 5.23. The van der Waals surface area contributed by atoms with E-state index >= 15 is 0 Å². The topological polar surface area (TPSA) is 45.2 Å². The Hall–Kier alpha value is -1.09. The van der Waals surface area contributed by atoms with Crippen LogP contribution in [0.3, 0.4) is 0 Å². The first-order valence-electron chi connectivity index (χ1n) is 9.83. The van der Waals surface area contributed by atoms with Gasteiger partial charge in [0.15, 0.2) is 11.5 Å². The Bertz CT molecular complexity index is 619. The van der Waals surface area contributed by atoms with E-state index in [0.717, 1.165) is 36.7 Å². The molecule has 0 bridgehead atoms. The summed E-state index contributed by atoms with van der Waals surface area (Å²) in [6, 6.07) is 5.90. The van der Waals surface area contributed by atoms with E-state index in [-0.39, 0.29) is 19.4 Å². The number of piperidine rings is 1. The van der Waals surface area contributed by atoms with Gasteiger partial charge < -0.3 is 19.5 Å². The standard InChI is InChI=1S/C20H30F2N2O3S/c1-26-18-3-2-16(13-24-8-10-28-11-9-24)12-19(18)27-15-17(25)14-23-6-4-20(21,22)5-7-23/h2-3,12,17,25H,4-11,13-15H2,1H3. The van der Waals surface area contributed by atoms with Gasteiger partial charge in [-0.05, 0) is 17.7 Å². The van der Waals surface area contributed by atoms with Crippen molar-refractivity contribution in [3.63, 3.8) is 0 Å². The van der Waals surface area contributed by atoms with Crippen LogP contribution in [0.25, 0.3) is 0 Å². The number of halogens is 2. The molecule has 1 N–H and O–H groups in total. The van der Waals surface area contributed by atoms with Gasteiger partial charge in [0.2, 0.25) is 0 Å². The van der Waals surface area contributed by atoms with Gasteiger partial charge in [0.25, 0.3) is 5.92 Å². The van der Waals surface area contributed by atoms with Gasteiger partial charge in [0.1, 0.15) is 12.7 Å². The first kappa shape index (κ1) is 21.6. The van der Waals surface area contributed by atoms with Gasteiger partial charge in [0, 0.05) is 63.6 Å². The summed E-state index contributed by atoms with van der Waals surface area (Å²) in [5.74, 6) is 0.986. The fraction of sp³-hybridized carbons (Fsp3) is 0.700. The number of nitrogens with zero attached hydrogens (tertiary/aromatic N) is 2. The zero-order chi connectivity index (χ0) is 20.0. The molecule has 0 radical (unpaired) electrons. The molecule has 0 saturated carbocycles. The lowest BCUT2D eigenvalue weighted by atomic mass is 10.1. The maximum Gasteiger partial charge on any atom is 0.250 e. The van der Waals surface area contributed by atoms with Crippen molar-refractivity contribution >= 4 is 11.8 Å². The molecule has 158 valence electrons. The second kappa shape index (κ2) is 10.1. The fourth-order valence-electron chi connectivity index (χ4n) is 3.55. The van der Waals surface area contributed by atoms with E-state index in [0.29, 0.717) is 31.1 Å². The third-order valence-corrected chi connectivity index (χ3v) is 6.17. The molecule has 2 aliphatic rings. The van der Waals surface area contributed by atoms with Gasteiger partial charge in [0.05, 0.1) is 7.11 Å². The zero-order valence-electron chi connectivity index (χ0n) is 16.4. The summed E-state index contributed by atoms with van der Waals surface area (Å²) in [5.41, 5.74) is 1.15. The summed E-state index contributed by atoms with van der Waals surface area (Å²) in [5, 5.41) is 10.3.